The molecule has 4 heteroatoms. The first-order valence-electron chi connectivity index (χ1n) is 5.12. The van der Waals surface area contributed by atoms with Crippen LogP contribution in [0.5, 0.6) is 0 Å². The second-order valence-electron chi connectivity index (χ2n) is 3.93. The SMILES string of the molecule is Cc1nn(C2CCCNC2)c(C)c1Br. The van der Waals surface area contributed by atoms with E-state index in [9.17, 15) is 0 Å². The van der Waals surface area contributed by atoms with Gasteiger partial charge in [0.05, 0.1) is 21.9 Å². The smallest absolute Gasteiger partial charge is 0.0738 e. The van der Waals surface area contributed by atoms with Crippen LogP contribution in [0.25, 0.3) is 0 Å². The molecule has 0 bridgehead atoms. The highest BCUT2D eigenvalue weighted by atomic mass is 79.9. The van der Waals surface area contributed by atoms with Crippen LogP contribution < -0.4 is 5.32 Å². The van der Waals surface area contributed by atoms with Crippen molar-refractivity contribution in [1.82, 2.24) is 15.1 Å². The summed E-state index contributed by atoms with van der Waals surface area (Å²) in [7, 11) is 0. The second kappa shape index (κ2) is 4.03. The van der Waals surface area contributed by atoms with Gasteiger partial charge >= 0.3 is 0 Å². The van der Waals surface area contributed by atoms with Gasteiger partial charge in [-0.05, 0) is 49.2 Å². The molecule has 78 valence electrons. The van der Waals surface area contributed by atoms with E-state index in [1.54, 1.807) is 0 Å². The fraction of sp³-hybridized carbons (Fsp3) is 0.700. The summed E-state index contributed by atoms with van der Waals surface area (Å²) in [5, 5.41) is 7.98. The van der Waals surface area contributed by atoms with Crippen LogP contribution in [0.2, 0.25) is 0 Å². The van der Waals surface area contributed by atoms with Gasteiger partial charge in [0.1, 0.15) is 0 Å². The fourth-order valence-corrected chi connectivity index (χ4v) is 2.30. The molecule has 0 saturated carbocycles. The Morgan fingerprint density at radius 1 is 1.50 bits per heavy atom. The number of halogens is 1. The van der Waals surface area contributed by atoms with Crippen LogP contribution in [0.15, 0.2) is 4.47 Å². The van der Waals surface area contributed by atoms with Gasteiger partial charge in [0, 0.05) is 6.54 Å². The molecule has 14 heavy (non-hydrogen) atoms. The van der Waals surface area contributed by atoms with Crippen LogP contribution in [0.1, 0.15) is 30.3 Å². The third-order valence-electron chi connectivity index (χ3n) is 2.85. The van der Waals surface area contributed by atoms with Crippen molar-refractivity contribution >= 4 is 15.9 Å². The summed E-state index contributed by atoms with van der Waals surface area (Å²) in [6, 6.07) is 0.536. The molecule has 1 aromatic rings. The van der Waals surface area contributed by atoms with E-state index in [4.69, 9.17) is 0 Å². The van der Waals surface area contributed by atoms with Gasteiger partial charge in [0.2, 0.25) is 0 Å². The molecule has 1 aliphatic heterocycles. The second-order valence-corrected chi connectivity index (χ2v) is 4.72. The zero-order valence-electron chi connectivity index (χ0n) is 8.68. The Morgan fingerprint density at radius 2 is 2.29 bits per heavy atom. The molecule has 0 aliphatic carbocycles. The molecule has 0 radical (unpaired) electrons. The van der Waals surface area contributed by atoms with Crippen molar-refractivity contribution in [2.75, 3.05) is 13.1 Å². The van der Waals surface area contributed by atoms with Gasteiger partial charge in [0.25, 0.3) is 0 Å². The normalized spacial score (nSPS) is 22.6. The quantitative estimate of drug-likeness (QED) is 0.836. The summed E-state index contributed by atoms with van der Waals surface area (Å²) in [5.41, 5.74) is 2.34. The van der Waals surface area contributed by atoms with E-state index in [2.05, 4.69) is 38.0 Å². The molecule has 1 aliphatic rings. The molecule has 3 nitrogen and oxygen atoms in total. The minimum absolute atomic E-state index is 0.536. The number of rotatable bonds is 1. The Labute approximate surface area is 93.0 Å². The predicted molar refractivity (Wildman–Crippen MR) is 60.5 cm³/mol. The summed E-state index contributed by atoms with van der Waals surface area (Å²) in [6.07, 6.45) is 2.49. The van der Waals surface area contributed by atoms with E-state index in [1.807, 2.05) is 6.92 Å². The van der Waals surface area contributed by atoms with Gasteiger partial charge < -0.3 is 5.32 Å². The Bertz CT molecular complexity index is 326. The van der Waals surface area contributed by atoms with Crippen LogP contribution >= 0.6 is 15.9 Å². The highest BCUT2D eigenvalue weighted by molar-refractivity contribution is 9.10. The number of hydrogen-bond acceptors (Lipinski definition) is 2. The first-order valence-corrected chi connectivity index (χ1v) is 5.91. The summed E-state index contributed by atoms with van der Waals surface area (Å²) >= 11 is 3.56. The van der Waals surface area contributed by atoms with Crippen LogP contribution in [-0.4, -0.2) is 22.9 Å². The van der Waals surface area contributed by atoms with Crippen LogP contribution in [0.4, 0.5) is 0 Å². The van der Waals surface area contributed by atoms with E-state index < -0.39 is 0 Å². The van der Waals surface area contributed by atoms with Gasteiger partial charge in [-0.15, -0.1) is 0 Å². The molecular formula is C10H16BrN3. The standard InChI is InChI=1S/C10H16BrN3/c1-7-10(11)8(2)14(13-7)9-4-3-5-12-6-9/h9,12H,3-6H2,1-2H3. The molecule has 1 N–H and O–H groups in total. The number of aromatic nitrogens is 2. The van der Waals surface area contributed by atoms with Gasteiger partial charge in [-0.1, -0.05) is 0 Å². The summed E-state index contributed by atoms with van der Waals surface area (Å²) in [5.74, 6) is 0. The average molecular weight is 258 g/mol. The van der Waals surface area contributed by atoms with Crippen LogP contribution in [-0.2, 0) is 0 Å². The lowest BCUT2D eigenvalue weighted by atomic mass is 10.1. The number of hydrogen-bond donors (Lipinski definition) is 1. The number of nitrogens with zero attached hydrogens (tertiary/aromatic N) is 2. The van der Waals surface area contributed by atoms with Crippen molar-refractivity contribution in [2.45, 2.75) is 32.7 Å². The van der Waals surface area contributed by atoms with Crippen molar-refractivity contribution in [1.29, 1.82) is 0 Å². The van der Waals surface area contributed by atoms with Gasteiger partial charge in [0.15, 0.2) is 0 Å². The lowest BCUT2D eigenvalue weighted by Crippen LogP contribution is -2.32. The molecule has 0 aromatic carbocycles. The third kappa shape index (κ3) is 1.73. The molecule has 0 amide bonds. The average Bonchev–Trinajstić information content (AvgIpc) is 2.47. The van der Waals surface area contributed by atoms with Crippen LogP contribution in [0, 0.1) is 13.8 Å². The molecule has 1 unspecified atom stereocenters. The molecule has 2 heterocycles. The largest absolute Gasteiger partial charge is 0.315 e. The summed E-state index contributed by atoms with van der Waals surface area (Å²) in [6.45, 7) is 6.37. The van der Waals surface area contributed by atoms with Crippen molar-refractivity contribution < 1.29 is 0 Å². The molecular weight excluding hydrogens is 242 g/mol. The molecule has 2 rings (SSSR count). The Balaban J connectivity index is 2.26. The highest BCUT2D eigenvalue weighted by Gasteiger charge is 2.19. The summed E-state index contributed by atoms with van der Waals surface area (Å²) in [4.78, 5) is 0. The topological polar surface area (TPSA) is 29.9 Å². The Kier molecular flexibility index (Phi) is 2.93. The van der Waals surface area contributed by atoms with Gasteiger partial charge in [-0.2, -0.15) is 5.10 Å². The van der Waals surface area contributed by atoms with E-state index >= 15 is 0 Å². The van der Waals surface area contributed by atoms with Gasteiger partial charge in [-0.3, -0.25) is 4.68 Å². The number of aryl methyl sites for hydroxylation is 1. The van der Waals surface area contributed by atoms with E-state index in [0.29, 0.717) is 6.04 Å². The minimum atomic E-state index is 0.536. The van der Waals surface area contributed by atoms with Gasteiger partial charge in [-0.25, -0.2) is 0 Å². The van der Waals surface area contributed by atoms with Crippen molar-refractivity contribution in [3.63, 3.8) is 0 Å². The number of nitrogens with one attached hydrogen (secondary N) is 1. The van der Waals surface area contributed by atoms with E-state index in [1.165, 1.54) is 18.5 Å². The lowest BCUT2D eigenvalue weighted by molar-refractivity contribution is 0.341. The maximum Gasteiger partial charge on any atom is 0.0738 e. The van der Waals surface area contributed by atoms with E-state index in [-0.39, 0.29) is 0 Å². The molecule has 1 atom stereocenters. The molecule has 0 spiro atoms. The minimum Gasteiger partial charge on any atom is -0.315 e. The summed E-state index contributed by atoms with van der Waals surface area (Å²) < 4.78 is 3.31. The molecule has 1 fully saturated rings. The maximum atomic E-state index is 4.56. The van der Waals surface area contributed by atoms with E-state index in [0.717, 1.165) is 23.3 Å². The van der Waals surface area contributed by atoms with Crippen molar-refractivity contribution in [3.05, 3.63) is 15.9 Å². The zero-order valence-corrected chi connectivity index (χ0v) is 10.3. The Hall–Kier alpha value is -0.350. The predicted octanol–water partition coefficient (Wildman–Crippen LogP) is 2.19. The molecule has 1 saturated heterocycles. The zero-order chi connectivity index (χ0) is 10.1. The Morgan fingerprint density at radius 3 is 2.79 bits per heavy atom. The molecule has 1 aromatic heterocycles. The lowest BCUT2D eigenvalue weighted by Gasteiger charge is -2.24. The number of piperidine rings is 1. The first kappa shape index (κ1) is 10.2. The first-order chi connectivity index (χ1) is 6.70. The van der Waals surface area contributed by atoms with Crippen LogP contribution in [0.3, 0.4) is 0 Å². The van der Waals surface area contributed by atoms with Crippen molar-refractivity contribution in [3.8, 4) is 0 Å². The highest BCUT2D eigenvalue weighted by Crippen LogP contribution is 2.25. The fourth-order valence-electron chi connectivity index (χ4n) is 2.04. The monoisotopic (exact) mass is 257 g/mol. The maximum absolute atomic E-state index is 4.56. The third-order valence-corrected chi connectivity index (χ3v) is 4.00. The van der Waals surface area contributed by atoms with Crippen molar-refractivity contribution in [2.24, 2.45) is 0 Å².